The Bertz CT molecular complexity index is 1110. The molecule has 0 saturated carbocycles. The van der Waals surface area contributed by atoms with Gasteiger partial charge in [0.25, 0.3) is 5.82 Å². The number of nitrogens with one attached hydrogen (secondary N) is 1. The summed E-state index contributed by atoms with van der Waals surface area (Å²) in [6.45, 7) is 0.299. The molecule has 29 heavy (non-hydrogen) atoms. The van der Waals surface area contributed by atoms with Crippen LogP contribution in [0.3, 0.4) is 0 Å². The summed E-state index contributed by atoms with van der Waals surface area (Å²) in [5.41, 5.74) is 11.4. The quantitative estimate of drug-likeness (QED) is 0.606. The van der Waals surface area contributed by atoms with Gasteiger partial charge in [-0.25, -0.2) is 9.37 Å². The Kier molecular flexibility index (Phi) is 5.50. The van der Waals surface area contributed by atoms with Gasteiger partial charge in [0.2, 0.25) is 0 Å². The molecule has 0 bridgehead atoms. The van der Waals surface area contributed by atoms with Crippen molar-refractivity contribution in [3.63, 3.8) is 0 Å². The largest absolute Gasteiger partial charge is 0.488 e. The van der Waals surface area contributed by atoms with Crippen LogP contribution in [0.2, 0.25) is 0 Å². The minimum absolute atomic E-state index is 0.278. The van der Waals surface area contributed by atoms with E-state index in [0.29, 0.717) is 23.7 Å². The molecule has 146 valence electrons. The fraction of sp³-hybridized carbons (Fsp3) is 0.217. The van der Waals surface area contributed by atoms with Crippen molar-refractivity contribution < 1.29 is 14.1 Å². The van der Waals surface area contributed by atoms with Crippen molar-refractivity contribution in [2.45, 2.75) is 32.3 Å². The standard InChI is InChI=1S/C23H19BrFN3O/c24-15-7-10-21(29-13-14-5-8-16(25)9-6-14)18(11-15)22-17-3-1-2-4-20(17)28-23(27)19(22)12-26/h5-11H,1-4,13H2,(H2,27,28)/p+1. The van der Waals surface area contributed by atoms with Crippen LogP contribution in [-0.2, 0) is 19.4 Å². The molecule has 0 fully saturated rings. The second-order valence-corrected chi connectivity index (χ2v) is 8.04. The van der Waals surface area contributed by atoms with E-state index in [2.05, 4.69) is 27.0 Å². The number of nitrogens with zero attached hydrogens (tertiary/aromatic N) is 1. The van der Waals surface area contributed by atoms with Gasteiger partial charge in [0.15, 0.2) is 0 Å². The number of nitriles is 1. The fourth-order valence-corrected chi connectivity index (χ4v) is 4.17. The average molecular weight is 453 g/mol. The number of nitrogen functional groups attached to an aromatic ring is 1. The highest BCUT2D eigenvalue weighted by Crippen LogP contribution is 2.40. The van der Waals surface area contributed by atoms with E-state index in [-0.39, 0.29) is 5.82 Å². The van der Waals surface area contributed by atoms with Crippen molar-refractivity contribution in [2.24, 2.45) is 0 Å². The molecule has 4 rings (SSSR count). The molecule has 4 nitrogen and oxygen atoms in total. The number of hydrogen-bond acceptors (Lipinski definition) is 3. The zero-order valence-electron chi connectivity index (χ0n) is 15.8. The lowest BCUT2D eigenvalue weighted by molar-refractivity contribution is -0.374. The molecule has 6 heteroatoms. The minimum atomic E-state index is -0.278. The number of aromatic amines is 1. The number of anilines is 1. The van der Waals surface area contributed by atoms with Crippen LogP contribution in [0, 0.1) is 17.1 Å². The van der Waals surface area contributed by atoms with Gasteiger partial charge in [-0.2, -0.15) is 5.26 Å². The third kappa shape index (κ3) is 3.96. The number of ether oxygens (including phenoxy) is 1. The highest BCUT2D eigenvalue weighted by atomic mass is 79.9. The molecule has 3 N–H and O–H groups in total. The Labute approximate surface area is 177 Å². The maximum absolute atomic E-state index is 13.2. The molecular formula is C23H20BrFN3O+. The van der Waals surface area contributed by atoms with Gasteiger partial charge in [-0.3, -0.25) is 5.73 Å². The third-order valence-corrected chi connectivity index (χ3v) is 5.70. The number of H-pyrrole nitrogens is 1. The van der Waals surface area contributed by atoms with E-state index in [0.717, 1.165) is 58.1 Å². The molecule has 0 aliphatic heterocycles. The second kappa shape index (κ2) is 8.22. The molecule has 3 aromatic rings. The van der Waals surface area contributed by atoms with Crippen molar-refractivity contribution in [2.75, 3.05) is 5.73 Å². The number of halogens is 2. The van der Waals surface area contributed by atoms with Crippen molar-refractivity contribution in [1.82, 2.24) is 0 Å². The Hall–Kier alpha value is -2.91. The number of benzene rings is 2. The molecule has 0 spiro atoms. The van der Waals surface area contributed by atoms with Crippen LogP contribution in [0.25, 0.3) is 11.1 Å². The fourth-order valence-electron chi connectivity index (χ4n) is 3.81. The first-order chi connectivity index (χ1) is 14.1. The number of fused-ring (bicyclic) bond motifs is 1. The molecule has 2 aromatic carbocycles. The van der Waals surface area contributed by atoms with Crippen LogP contribution in [0.1, 0.15) is 35.2 Å². The average Bonchev–Trinajstić information content (AvgIpc) is 2.73. The number of nitrogens with two attached hydrogens (primary N) is 1. The zero-order chi connectivity index (χ0) is 20.4. The molecule has 0 radical (unpaired) electrons. The highest BCUT2D eigenvalue weighted by Gasteiger charge is 2.26. The van der Waals surface area contributed by atoms with Gasteiger partial charge >= 0.3 is 0 Å². The molecular weight excluding hydrogens is 433 g/mol. The van der Waals surface area contributed by atoms with E-state index in [1.54, 1.807) is 12.1 Å². The number of hydrogen-bond donors (Lipinski definition) is 1. The lowest BCUT2D eigenvalue weighted by Crippen LogP contribution is -2.24. The first kappa shape index (κ1) is 19.4. The van der Waals surface area contributed by atoms with Crippen LogP contribution in [0.15, 0.2) is 46.9 Å². The number of aromatic nitrogens is 1. The Morgan fingerprint density at radius 1 is 1.14 bits per heavy atom. The Balaban J connectivity index is 1.81. The summed E-state index contributed by atoms with van der Waals surface area (Å²) in [5.74, 6) is 0.763. The SMILES string of the molecule is N#Cc1c(N)[nH+]c2c(c1-c1cc(Br)ccc1OCc1ccc(F)cc1)CCCC2. The van der Waals surface area contributed by atoms with Crippen LogP contribution >= 0.6 is 15.9 Å². The number of pyridine rings is 1. The second-order valence-electron chi connectivity index (χ2n) is 7.12. The highest BCUT2D eigenvalue weighted by molar-refractivity contribution is 9.10. The summed E-state index contributed by atoms with van der Waals surface area (Å²) in [6, 6.07) is 14.2. The predicted octanol–water partition coefficient (Wildman–Crippen LogP) is 4.98. The van der Waals surface area contributed by atoms with Crippen LogP contribution < -0.4 is 15.5 Å². The first-order valence-electron chi connectivity index (χ1n) is 9.50. The van der Waals surface area contributed by atoms with Crippen molar-refractivity contribution in [3.05, 3.63) is 75.1 Å². The first-order valence-corrected chi connectivity index (χ1v) is 10.3. The molecule has 0 saturated heterocycles. The normalized spacial score (nSPS) is 12.9. The van der Waals surface area contributed by atoms with E-state index < -0.39 is 0 Å². The number of aryl methyl sites for hydroxylation is 1. The monoisotopic (exact) mass is 452 g/mol. The lowest BCUT2D eigenvalue weighted by Gasteiger charge is -2.20. The Morgan fingerprint density at radius 2 is 1.90 bits per heavy atom. The van der Waals surface area contributed by atoms with Gasteiger partial charge < -0.3 is 4.74 Å². The lowest BCUT2D eigenvalue weighted by atomic mass is 9.86. The Morgan fingerprint density at radius 3 is 2.66 bits per heavy atom. The van der Waals surface area contributed by atoms with E-state index in [4.69, 9.17) is 10.5 Å². The van der Waals surface area contributed by atoms with E-state index in [9.17, 15) is 9.65 Å². The summed E-state index contributed by atoms with van der Waals surface area (Å²) < 4.78 is 20.2. The number of rotatable bonds is 4. The predicted molar refractivity (Wildman–Crippen MR) is 113 cm³/mol. The van der Waals surface area contributed by atoms with Gasteiger partial charge in [-0.05, 0) is 55.2 Å². The van der Waals surface area contributed by atoms with Gasteiger partial charge in [0, 0.05) is 27.6 Å². The summed E-state index contributed by atoms with van der Waals surface area (Å²) in [5, 5.41) is 9.82. The van der Waals surface area contributed by atoms with Crippen molar-refractivity contribution in [1.29, 1.82) is 5.26 Å². The summed E-state index contributed by atoms with van der Waals surface area (Å²) in [7, 11) is 0. The van der Waals surface area contributed by atoms with E-state index in [1.165, 1.54) is 12.1 Å². The molecule has 1 heterocycles. The topological polar surface area (TPSA) is 73.2 Å². The molecule has 1 aromatic heterocycles. The zero-order valence-corrected chi connectivity index (χ0v) is 17.4. The minimum Gasteiger partial charge on any atom is -0.488 e. The van der Waals surface area contributed by atoms with Crippen LogP contribution in [-0.4, -0.2) is 0 Å². The summed E-state index contributed by atoms with van der Waals surface area (Å²) >= 11 is 3.54. The van der Waals surface area contributed by atoms with Crippen LogP contribution in [0.4, 0.5) is 10.2 Å². The molecule has 1 aliphatic carbocycles. The molecule has 0 atom stereocenters. The van der Waals surface area contributed by atoms with E-state index >= 15 is 0 Å². The summed E-state index contributed by atoms with van der Waals surface area (Å²) in [4.78, 5) is 3.22. The summed E-state index contributed by atoms with van der Waals surface area (Å²) in [6.07, 6.45) is 3.97. The smallest absolute Gasteiger partial charge is 0.289 e. The van der Waals surface area contributed by atoms with Gasteiger partial charge in [-0.1, -0.05) is 28.1 Å². The maximum Gasteiger partial charge on any atom is 0.289 e. The van der Waals surface area contributed by atoms with Gasteiger partial charge in [0.05, 0.1) is 0 Å². The molecule has 0 amide bonds. The maximum atomic E-state index is 13.2. The van der Waals surface area contributed by atoms with Crippen molar-refractivity contribution >= 4 is 21.7 Å². The third-order valence-electron chi connectivity index (χ3n) is 5.20. The van der Waals surface area contributed by atoms with Crippen molar-refractivity contribution in [3.8, 4) is 22.9 Å². The molecule has 0 unspecified atom stereocenters. The van der Waals surface area contributed by atoms with E-state index in [1.807, 2.05) is 18.2 Å². The van der Waals surface area contributed by atoms with Gasteiger partial charge in [0.1, 0.15) is 35.5 Å². The van der Waals surface area contributed by atoms with Gasteiger partial charge in [-0.15, -0.1) is 0 Å². The molecule has 1 aliphatic rings. The van der Waals surface area contributed by atoms with Crippen LogP contribution in [0.5, 0.6) is 5.75 Å².